The lowest BCUT2D eigenvalue weighted by Gasteiger charge is -2.17. The van der Waals surface area contributed by atoms with Crippen LogP contribution in [0.1, 0.15) is 19.4 Å². The lowest BCUT2D eigenvalue weighted by molar-refractivity contribution is -0.147. The van der Waals surface area contributed by atoms with E-state index in [2.05, 4.69) is 0 Å². The van der Waals surface area contributed by atoms with Crippen LogP contribution < -0.4 is 15.2 Å². The van der Waals surface area contributed by atoms with Crippen LogP contribution in [0.2, 0.25) is 0 Å². The summed E-state index contributed by atoms with van der Waals surface area (Å²) in [7, 11) is 0. The average molecular weight is 283 g/mol. The molecule has 0 saturated carbocycles. The zero-order valence-corrected chi connectivity index (χ0v) is 11.7. The third-order valence-corrected chi connectivity index (χ3v) is 2.74. The number of carbonyl (C=O) groups is 1. The minimum Gasteiger partial charge on any atom is -0.490 e. The highest BCUT2D eigenvalue weighted by molar-refractivity contribution is 5.72. The van der Waals surface area contributed by atoms with E-state index in [1.54, 1.807) is 18.2 Å². The average Bonchev–Trinajstić information content (AvgIpc) is 2.41. The minimum absolute atomic E-state index is 0.236. The summed E-state index contributed by atoms with van der Waals surface area (Å²) in [5.41, 5.74) is 6.45. The maximum atomic E-state index is 10.7. The third kappa shape index (κ3) is 4.40. The fourth-order valence-corrected chi connectivity index (χ4v) is 1.79. The number of benzene rings is 1. The van der Waals surface area contributed by atoms with Crippen molar-refractivity contribution in [2.75, 3.05) is 13.2 Å². The summed E-state index contributed by atoms with van der Waals surface area (Å²) in [6.45, 7) is 4.76. The van der Waals surface area contributed by atoms with Crippen molar-refractivity contribution in [3.05, 3.63) is 23.8 Å². The number of aliphatic hydroxyl groups excluding tert-OH is 1. The van der Waals surface area contributed by atoms with Crippen LogP contribution in [0, 0.1) is 0 Å². The number of nitrogens with two attached hydrogens (primary N) is 1. The van der Waals surface area contributed by atoms with Gasteiger partial charge in [-0.2, -0.15) is 0 Å². The number of hydrogen-bond donors (Lipinski definition) is 3. The highest BCUT2D eigenvalue weighted by Crippen LogP contribution is 2.29. The summed E-state index contributed by atoms with van der Waals surface area (Å²) in [5.74, 6) is -0.109. The monoisotopic (exact) mass is 283 g/mol. The fraction of sp³-hybridized carbons (Fsp3) is 0.500. The Hall–Kier alpha value is -1.79. The molecule has 0 heterocycles. The van der Waals surface area contributed by atoms with Crippen LogP contribution >= 0.6 is 0 Å². The first-order chi connectivity index (χ1) is 9.49. The molecule has 1 aromatic rings. The normalized spacial score (nSPS) is 13.6. The van der Waals surface area contributed by atoms with Gasteiger partial charge in [-0.15, -0.1) is 0 Å². The van der Waals surface area contributed by atoms with Crippen LogP contribution in [0.15, 0.2) is 18.2 Å². The summed E-state index contributed by atoms with van der Waals surface area (Å²) >= 11 is 0. The molecule has 0 spiro atoms. The van der Waals surface area contributed by atoms with Crippen molar-refractivity contribution in [3.63, 3.8) is 0 Å². The first-order valence-corrected chi connectivity index (χ1v) is 6.54. The van der Waals surface area contributed by atoms with Crippen molar-refractivity contribution < 1.29 is 24.5 Å². The molecule has 1 aromatic carbocycles. The van der Waals surface area contributed by atoms with Gasteiger partial charge in [0.2, 0.25) is 0 Å². The maximum absolute atomic E-state index is 10.7. The largest absolute Gasteiger partial charge is 0.490 e. The Morgan fingerprint density at radius 3 is 2.40 bits per heavy atom. The molecule has 0 aliphatic rings. The van der Waals surface area contributed by atoms with Gasteiger partial charge in [0.25, 0.3) is 0 Å². The molecule has 2 atom stereocenters. The predicted octanol–water partition coefficient (Wildman–Crippen LogP) is 0.799. The smallest absolute Gasteiger partial charge is 0.334 e. The molecule has 0 radical (unpaired) electrons. The molecule has 20 heavy (non-hydrogen) atoms. The number of ether oxygens (including phenoxy) is 2. The van der Waals surface area contributed by atoms with Gasteiger partial charge in [0.1, 0.15) is 0 Å². The zero-order valence-electron chi connectivity index (χ0n) is 11.7. The number of aliphatic hydroxyl groups is 1. The summed E-state index contributed by atoms with van der Waals surface area (Å²) in [5, 5.41) is 18.1. The molecule has 0 fully saturated rings. The van der Waals surface area contributed by atoms with Gasteiger partial charge in [0, 0.05) is 6.04 Å². The molecular formula is C14H21NO5. The first kappa shape index (κ1) is 16.3. The van der Waals surface area contributed by atoms with Gasteiger partial charge in [-0.05, 0) is 38.0 Å². The van der Waals surface area contributed by atoms with E-state index in [-0.39, 0.29) is 6.42 Å². The van der Waals surface area contributed by atoms with E-state index in [0.717, 1.165) is 5.56 Å². The molecular weight excluding hydrogens is 262 g/mol. The second-order valence-electron chi connectivity index (χ2n) is 4.30. The topological polar surface area (TPSA) is 102 Å². The molecule has 6 heteroatoms. The van der Waals surface area contributed by atoms with Gasteiger partial charge in [-0.1, -0.05) is 6.07 Å². The summed E-state index contributed by atoms with van der Waals surface area (Å²) in [6.07, 6.45) is -1.35. The van der Waals surface area contributed by atoms with Crippen LogP contribution in [0.5, 0.6) is 11.5 Å². The Balaban J connectivity index is 2.85. The van der Waals surface area contributed by atoms with Gasteiger partial charge >= 0.3 is 5.97 Å². The highest BCUT2D eigenvalue weighted by atomic mass is 16.5. The Bertz CT molecular complexity index is 449. The second kappa shape index (κ2) is 7.72. The number of carboxylic acid groups (broad SMARTS) is 1. The van der Waals surface area contributed by atoms with E-state index in [4.69, 9.17) is 20.3 Å². The molecule has 0 bridgehead atoms. The molecule has 0 aliphatic carbocycles. The Morgan fingerprint density at radius 1 is 1.25 bits per heavy atom. The Kier molecular flexibility index (Phi) is 6.27. The van der Waals surface area contributed by atoms with Crippen molar-refractivity contribution in [2.24, 2.45) is 5.73 Å². The van der Waals surface area contributed by atoms with E-state index in [1.165, 1.54) is 0 Å². The molecule has 0 saturated heterocycles. The van der Waals surface area contributed by atoms with E-state index in [0.29, 0.717) is 24.7 Å². The zero-order chi connectivity index (χ0) is 15.1. The van der Waals surface area contributed by atoms with Crippen LogP contribution in [0.4, 0.5) is 0 Å². The first-order valence-electron chi connectivity index (χ1n) is 6.54. The fourth-order valence-electron chi connectivity index (χ4n) is 1.79. The molecule has 0 amide bonds. The third-order valence-electron chi connectivity index (χ3n) is 2.74. The summed E-state index contributed by atoms with van der Waals surface area (Å²) < 4.78 is 10.9. The maximum Gasteiger partial charge on any atom is 0.334 e. The summed E-state index contributed by atoms with van der Waals surface area (Å²) in [4.78, 5) is 10.7. The standard InChI is InChI=1S/C14H21NO5/c1-3-19-11-6-5-9(8-12(11)20-4-2)7-10(15)13(16)14(17)18/h5-6,8,10,13,16H,3-4,7,15H2,1-2H3,(H,17,18). The number of hydrogen-bond acceptors (Lipinski definition) is 5. The van der Waals surface area contributed by atoms with Crippen molar-refractivity contribution in [3.8, 4) is 11.5 Å². The molecule has 112 valence electrons. The van der Waals surface area contributed by atoms with Gasteiger partial charge < -0.3 is 25.4 Å². The number of rotatable bonds is 8. The van der Waals surface area contributed by atoms with Crippen molar-refractivity contribution >= 4 is 5.97 Å². The quantitative estimate of drug-likeness (QED) is 0.652. The van der Waals surface area contributed by atoms with E-state index < -0.39 is 18.1 Å². The van der Waals surface area contributed by atoms with Gasteiger partial charge in [-0.3, -0.25) is 0 Å². The van der Waals surface area contributed by atoms with Crippen molar-refractivity contribution in [1.29, 1.82) is 0 Å². The molecule has 4 N–H and O–H groups in total. The van der Waals surface area contributed by atoms with Crippen LogP contribution in [-0.4, -0.2) is 41.5 Å². The second-order valence-corrected chi connectivity index (χ2v) is 4.30. The summed E-state index contributed by atoms with van der Waals surface area (Å²) in [6, 6.07) is 4.41. The number of carboxylic acids is 1. The van der Waals surface area contributed by atoms with E-state index in [1.807, 2.05) is 13.8 Å². The predicted molar refractivity (Wildman–Crippen MR) is 74.1 cm³/mol. The molecule has 1 rings (SSSR count). The van der Waals surface area contributed by atoms with E-state index >= 15 is 0 Å². The van der Waals surface area contributed by atoms with Crippen molar-refractivity contribution in [1.82, 2.24) is 0 Å². The Morgan fingerprint density at radius 2 is 1.85 bits per heavy atom. The Labute approximate surface area is 118 Å². The van der Waals surface area contributed by atoms with Crippen LogP contribution in [0.25, 0.3) is 0 Å². The molecule has 0 aromatic heterocycles. The molecule has 0 aliphatic heterocycles. The lowest BCUT2D eigenvalue weighted by Crippen LogP contribution is -2.41. The molecule has 2 unspecified atom stereocenters. The highest BCUT2D eigenvalue weighted by Gasteiger charge is 2.22. The van der Waals surface area contributed by atoms with Crippen LogP contribution in [-0.2, 0) is 11.2 Å². The number of aliphatic carboxylic acids is 1. The lowest BCUT2D eigenvalue weighted by atomic mass is 10.0. The molecule has 6 nitrogen and oxygen atoms in total. The SMILES string of the molecule is CCOc1ccc(CC(N)C(O)C(=O)O)cc1OCC. The van der Waals surface area contributed by atoms with Crippen LogP contribution in [0.3, 0.4) is 0 Å². The van der Waals surface area contributed by atoms with Gasteiger partial charge in [0.15, 0.2) is 17.6 Å². The van der Waals surface area contributed by atoms with Gasteiger partial charge in [0.05, 0.1) is 13.2 Å². The van der Waals surface area contributed by atoms with E-state index in [9.17, 15) is 9.90 Å². The van der Waals surface area contributed by atoms with Crippen molar-refractivity contribution in [2.45, 2.75) is 32.4 Å². The van der Waals surface area contributed by atoms with Gasteiger partial charge in [-0.25, -0.2) is 4.79 Å². The minimum atomic E-state index is -1.59.